The molecule has 6 atom stereocenters. The Labute approximate surface area is 180 Å². The second kappa shape index (κ2) is 7.72. The third kappa shape index (κ3) is 4.39. The van der Waals surface area contributed by atoms with Crippen molar-refractivity contribution in [1.82, 2.24) is 5.32 Å². The van der Waals surface area contributed by atoms with Crippen LogP contribution >= 0.6 is 0 Å². The Bertz CT molecular complexity index is 873. The van der Waals surface area contributed by atoms with E-state index in [1.54, 1.807) is 45.9 Å². The lowest BCUT2D eigenvalue weighted by atomic mass is 9.98. The predicted octanol–water partition coefficient (Wildman–Crippen LogP) is 1.23. The van der Waals surface area contributed by atoms with E-state index >= 15 is 0 Å². The molecule has 3 aliphatic heterocycles. The van der Waals surface area contributed by atoms with Gasteiger partial charge in [0.1, 0.15) is 30.1 Å². The SMILES string of the molecule is C[C@H](NC(=O)[C@@H]1O[C@@H]2OC(C)(C)O[C@@H]2[C@H]2OC(C)(C)O[C@H]21)C(=O)Nc1ccccc1O. The molecule has 10 heteroatoms. The fraction of sp³-hybridized carbons (Fsp3) is 0.619. The van der Waals surface area contributed by atoms with E-state index in [0.29, 0.717) is 0 Å². The van der Waals surface area contributed by atoms with Gasteiger partial charge in [-0.2, -0.15) is 0 Å². The largest absolute Gasteiger partial charge is 0.506 e. The highest BCUT2D eigenvalue weighted by molar-refractivity contribution is 5.98. The molecule has 31 heavy (non-hydrogen) atoms. The molecule has 10 nitrogen and oxygen atoms in total. The summed E-state index contributed by atoms with van der Waals surface area (Å²) in [4.78, 5) is 25.5. The highest BCUT2D eigenvalue weighted by atomic mass is 16.9. The standard InChI is InChI=1S/C21H28N2O8/c1-10(17(25)23-11-8-6-7-9-12(11)24)22-18(26)15-13-14(29-20(2,3)28-13)16-19(27-15)31-21(4,5)30-16/h6-10,13-16,19,24H,1-5H3,(H,22,26)(H,23,25)/t10-,13+,14-,15+,16+,19+/m0/s1. The molecular weight excluding hydrogens is 408 g/mol. The Balaban J connectivity index is 1.46. The van der Waals surface area contributed by atoms with Crippen molar-refractivity contribution in [3.63, 3.8) is 0 Å². The van der Waals surface area contributed by atoms with Crippen LogP contribution in [0.25, 0.3) is 0 Å². The van der Waals surface area contributed by atoms with E-state index in [1.165, 1.54) is 13.0 Å². The molecule has 0 saturated carbocycles. The van der Waals surface area contributed by atoms with Crippen molar-refractivity contribution in [2.75, 3.05) is 5.32 Å². The molecule has 3 N–H and O–H groups in total. The average Bonchev–Trinajstić information content (AvgIpc) is 3.16. The molecule has 4 rings (SSSR count). The first-order valence-corrected chi connectivity index (χ1v) is 10.2. The molecule has 3 heterocycles. The molecular formula is C21H28N2O8. The Morgan fingerprint density at radius 2 is 1.58 bits per heavy atom. The number of benzene rings is 1. The van der Waals surface area contributed by atoms with Crippen molar-refractivity contribution < 1.29 is 38.4 Å². The molecule has 3 saturated heterocycles. The predicted molar refractivity (Wildman–Crippen MR) is 107 cm³/mol. The van der Waals surface area contributed by atoms with E-state index in [1.807, 2.05) is 0 Å². The van der Waals surface area contributed by atoms with Gasteiger partial charge in [0.2, 0.25) is 5.91 Å². The minimum Gasteiger partial charge on any atom is -0.506 e. The number of anilines is 1. The number of hydrogen-bond acceptors (Lipinski definition) is 8. The summed E-state index contributed by atoms with van der Waals surface area (Å²) in [6, 6.07) is 5.42. The molecule has 0 spiro atoms. The van der Waals surface area contributed by atoms with Crippen LogP contribution < -0.4 is 10.6 Å². The number of rotatable bonds is 4. The summed E-state index contributed by atoms with van der Waals surface area (Å²) in [7, 11) is 0. The van der Waals surface area contributed by atoms with E-state index in [0.717, 1.165) is 0 Å². The number of carbonyl (C=O) groups excluding carboxylic acids is 2. The van der Waals surface area contributed by atoms with Gasteiger partial charge in [0, 0.05) is 0 Å². The quantitative estimate of drug-likeness (QED) is 0.602. The van der Waals surface area contributed by atoms with Crippen molar-refractivity contribution in [2.45, 2.75) is 82.9 Å². The molecule has 170 valence electrons. The van der Waals surface area contributed by atoms with Gasteiger partial charge in [-0.1, -0.05) is 12.1 Å². The van der Waals surface area contributed by atoms with Crippen molar-refractivity contribution in [3.8, 4) is 5.75 Å². The van der Waals surface area contributed by atoms with Crippen molar-refractivity contribution >= 4 is 17.5 Å². The molecule has 3 aliphatic rings. The summed E-state index contributed by atoms with van der Waals surface area (Å²) < 4.78 is 29.5. The molecule has 1 aromatic carbocycles. The van der Waals surface area contributed by atoms with Crippen molar-refractivity contribution in [2.24, 2.45) is 0 Å². The van der Waals surface area contributed by atoms with Crippen LogP contribution in [0, 0.1) is 0 Å². The second-order valence-corrected chi connectivity index (χ2v) is 8.83. The first-order valence-electron chi connectivity index (χ1n) is 10.2. The van der Waals surface area contributed by atoms with Gasteiger partial charge in [0.25, 0.3) is 5.91 Å². The number of para-hydroxylation sites is 2. The minimum atomic E-state index is -1.06. The Hall–Kier alpha value is -2.24. The molecule has 0 radical (unpaired) electrons. The molecule has 2 amide bonds. The minimum absolute atomic E-state index is 0.0707. The summed E-state index contributed by atoms with van der Waals surface area (Å²) >= 11 is 0. The molecule has 0 unspecified atom stereocenters. The van der Waals surface area contributed by atoms with Gasteiger partial charge in [-0.25, -0.2) is 0 Å². The highest BCUT2D eigenvalue weighted by Crippen LogP contribution is 2.44. The Morgan fingerprint density at radius 1 is 0.968 bits per heavy atom. The number of amides is 2. The fourth-order valence-corrected chi connectivity index (χ4v) is 4.00. The normalized spacial score (nSPS) is 33.8. The number of phenolic OH excluding ortho intramolecular Hbond substituents is 1. The van der Waals surface area contributed by atoms with Crippen molar-refractivity contribution in [3.05, 3.63) is 24.3 Å². The van der Waals surface area contributed by atoms with Gasteiger partial charge in [-0.15, -0.1) is 0 Å². The van der Waals surface area contributed by atoms with Gasteiger partial charge < -0.3 is 39.4 Å². The van der Waals surface area contributed by atoms with Crippen LogP contribution in [0.2, 0.25) is 0 Å². The molecule has 0 aliphatic carbocycles. The van der Waals surface area contributed by atoms with Gasteiger partial charge >= 0.3 is 0 Å². The lowest BCUT2D eigenvalue weighted by molar-refractivity contribution is -0.231. The lowest BCUT2D eigenvalue weighted by Gasteiger charge is -2.36. The summed E-state index contributed by atoms with van der Waals surface area (Å²) in [6.45, 7) is 8.54. The third-order valence-electron chi connectivity index (χ3n) is 5.33. The second-order valence-electron chi connectivity index (χ2n) is 8.83. The van der Waals surface area contributed by atoms with Crippen LogP contribution in [0.1, 0.15) is 34.6 Å². The van der Waals surface area contributed by atoms with Crippen LogP contribution in [0.3, 0.4) is 0 Å². The van der Waals surface area contributed by atoms with Crippen LogP contribution in [0.5, 0.6) is 5.75 Å². The molecule has 0 aromatic heterocycles. The van der Waals surface area contributed by atoms with E-state index in [-0.39, 0.29) is 11.4 Å². The Morgan fingerprint density at radius 3 is 2.29 bits per heavy atom. The van der Waals surface area contributed by atoms with Crippen LogP contribution in [0.15, 0.2) is 24.3 Å². The number of aromatic hydroxyl groups is 1. The topological polar surface area (TPSA) is 125 Å². The number of carbonyl (C=O) groups is 2. The fourth-order valence-electron chi connectivity index (χ4n) is 4.00. The highest BCUT2D eigenvalue weighted by Gasteiger charge is 2.62. The number of hydrogen-bond donors (Lipinski definition) is 3. The third-order valence-corrected chi connectivity index (χ3v) is 5.33. The van der Waals surface area contributed by atoms with E-state index in [9.17, 15) is 14.7 Å². The maximum absolute atomic E-state index is 13.0. The van der Waals surface area contributed by atoms with Crippen LogP contribution in [-0.4, -0.2) is 65.2 Å². The zero-order valence-corrected chi connectivity index (χ0v) is 18.1. The number of fused-ring (bicyclic) bond motifs is 3. The monoisotopic (exact) mass is 436 g/mol. The smallest absolute Gasteiger partial charge is 0.252 e. The molecule has 0 bridgehead atoms. The number of ether oxygens (including phenoxy) is 5. The Kier molecular flexibility index (Phi) is 5.47. The lowest BCUT2D eigenvalue weighted by Crippen LogP contribution is -2.60. The van der Waals surface area contributed by atoms with E-state index in [2.05, 4.69) is 10.6 Å². The number of nitrogens with one attached hydrogen (secondary N) is 2. The maximum atomic E-state index is 13.0. The van der Waals surface area contributed by atoms with E-state index in [4.69, 9.17) is 23.7 Å². The molecule has 1 aromatic rings. The average molecular weight is 436 g/mol. The van der Waals surface area contributed by atoms with E-state index < -0.39 is 60.1 Å². The number of phenols is 1. The van der Waals surface area contributed by atoms with Gasteiger partial charge in [-0.05, 0) is 46.8 Å². The zero-order valence-electron chi connectivity index (χ0n) is 18.1. The van der Waals surface area contributed by atoms with Gasteiger partial charge in [-0.3, -0.25) is 9.59 Å². The van der Waals surface area contributed by atoms with Crippen molar-refractivity contribution in [1.29, 1.82) is 0 Å². The van der Waals surface area contributed by atoms with Crippen LogP contribution in [0.4, 0.5) is 5.69 Å². The summed E-state index contributed by atoms with van der Waals surface area (Å²) in [6.07, 6.45) is -3.73. The summed E-state index contributed by atoms with van der Waals surface area (Å²) in [5, 5.41) is 15.1. The first-order chi connectivity index (χ1) is 14.5. The summed E-state index contributed by atoms with van der Waals surface area (Å²) in [5.41, 5.74) is 0.249. The van der Waals surface area contributed by atoms with Crippen LogP contribution in [-0.2, 0) is 33.3 Å². The first kappa shape index (κ1) is 22.0. The van der Waals surface area contributed by atoms with Gasteiger partial charge in [0.05, 0.1) is 5.69 Å². The van der Waals surface area contributed by atoms with Gasteiger partial charge in [0.15, 0.2) is 24.0 Å². The molecule has 3 fully saturated rings. The maximum Gasteiger partial charge on any atom is 0.252 e. The summed E-state index contributed by atoms with van der Waals surface area (Å²) in [5.74, 6) is -2.94. The zero-order chi connectivity index (χ0) is 22.6.